The standard InChI is InChI=1S/C23H27NO3/c1-22(2)11-12-23(3,4)19-14-17(9-10-18(19)22)24-21(27)16-7-5-15(6-8-16)13-20(25)26/h5-10,14H,11-13H2,1-4H3,(H,24,27)(H,25,26). The van der Waals surface area contributed by atoms with Crippen molar-refractivity contribution in [1.82, 2.24) is 0 Å². The average molecular weight is 365 g/mol. The maximum Gasteiger partial charge on any atom is 0.307 e. The molecule has 4 nitrogen and oxygen atoms in total. The quantitative estimate of drug-likeness (QED) is 0.808. The van der Waals surface area contributed by atoms with Crippen molar-refractivity contribution in [3.63, 3.8) is 0 Å². The Bertz CT molecular complexity index is 879. The van der Waals surface area contributed by atoms with Crippen LogP contribution in [0.2, 0.25) is 0 Å². The lowest BCUT2D eigenvalue weighted by Gasteiger charge is -2.42. The number of rotatable bonds is 4. The molecule has 0 atom stereocenters. The molecule has 3 rings (SSSR count). The van der Waals surface area contributed by atoms with Gasteiger partial charge < -0.3 is 10.4 Å². The normalized spacial score (nSPS) is 17.0. The van der Waals surface area contributed by atoms with Crippen LogP contribution >= 0.6 is 0 Å². The van der Waals surface area contributed by atoms with Crippen molar-refractivity contribution >= 4 is 17.6 Å². The lowest BCUT2D eigenvalue weighted by molar-refractivity contribution is -0.136. The van der Waals surface area contributed by atoms with Crippen LogP contribution in [0.25, 0.3) is 0 Å². The van der Waals surface area contributed by atoms with Crippen LogP contribution in [0, 0.1) is 0 Å². The van der Waals surface area contributed by atoms with E-state index in [1.165, 1.54) is 11.1 Å². The van der Waals surface area contributed by atoms with Crippen LogP contribution in [0.3, 0.4) is 0 Å². The van der Waals surface area contributed by atoms with E-state index in [9.17, 15) is 9.59 Å². The summed E-state index contributed by atoms with van der Waals surface area (Å²) in [5.41, 5.74) is 4.87. The van der Waals surface area contributed by atoms with Crippen LogP contribution in [-0.4, -0.2) is 17.0 Å². The first-order valence-corrected chi connectivity index (χ1v) is 9.36. The second kappa shape index (κ2) is 6.84. The molecule has 0 saturated heterocycles. The molecule has 4 heteroatoms. The van der Waals surface area contributed by atoms with Crippen LogP contribution < -0.4 is 5.32 Å². The zero-order valence-corrected chi connectivity index (χ0v) is 16.4. The molecule has 2 N–H and O–H groups in total. The van der Waals surface area contributed by atoms with Crippen molar-refractivity contribution < 1.29 is 14.7 Å². The molecule has 0 spiro atoms. The van der Waals surface area contributed by atoms with Gasteiger partial charge >= 0.3 is 5.97 Å². The van der Waals surface area contributed by atoms with E-state index in [1.807, 2.05) is 6.07 Å². The number of amides is 1. The molecule has 0 aromatic heterocycles. The Morgan fingerprint density at radius 1 is 0.926 bits per heavy atom. The third-order valence-corrected chi connectivity index (χ3v) is 5.68. The summed E-state index contributed by atoms with van der Waals surface area (Å²) in [4.78, 5) is 23.3. The van der Waals surface area contributed by atoms with Gasteiger partial charge in [-0.05, 0) is 64.6 Å². The minimum absolute atomic E-state index is 0.0441. The second-order valence-electron chi connectivity index (χ2n) is 8.75. The smallest absolute Gasteiger partial charge is 0.307 e. The molecule has 0 aliphatic heterocycles. The highest BCUT2D eigenvalue weighted by molar-refractivity contribution is 6.04. The highest BCUT2D eigenvalue weighted by atomic mass is 16.4. The Morgan fingerprint density at radius 3 is 2.11 bits per heavy atom. The first-order chi connectivity index (χ1) is 12.6. The fourth-order valence-electron chi connectivity index (χ4n) is 3.82. The van der Waals surface area contributed by atoms with E-state index in [0.717, 1.165) is 18.5 Å². The number of benzene rings is 2. The van der Waals surface area contributed by atoms with Gasteiger partial charge in [-0.15, -0.1) is 0 Å². The average Bonchev–Trinajstić information content (AvgIpc) is 2.59. The van der Waals surface area contributed by atoms with Crippen molar-refractivity contribution in [2.75, 3.05) is 5.32 Å². The van der Waals surface area contributed by atoms with E-state index in [0.29, 0.717) is 11.1 Å². The van der Waals surface area contributed by atoms with Crippen LogP contribution in [0.15, 0.2) is 42.5 Å². The summed E-state index contributed by atoms with van der Waals surface area (Å²) in [7, 11) is 0. The summed E-state index contributed by atoms with van der Waals surface area (Å²) in [6.45, 7) is 9.07. The van der Waals surface area contributed by atoms with E-state index in [4.69, 9.17) is 5.11 Å². The predicted octanol–water partition coefficient (Wildman–Crippen LogP) is 4.92. The lowest BCUT2D eigenvalue weighted by atomic mass is 9.63. The molecule has 0 heterocycles. The van der Waals surface area contributed by atoms with Gasteiger partial charge in [0, 0.05) is 11.3 Å². The number of anilines is 1. The predicted molar refractivity (Wildman–Crippen MR) is 107 cm³/mol. The summed E-state index contributed by atoms with van der Waals surface area (Å²) >= 11 is 0. The fourth-order valence-corrected chi connectivity index (χ4v) is 3.82. The van der Waals surface area contributed by atoms with E-state index in [-0.39, 0.29) is 23.2 Å². The summed E-state index contributed by atoms with van der Waals surface area (Å²) in [6.07, 6.45) is 2.23. The van der Waals surface area contributed by atoms with E-state index in [2.05, 4.69) is 45.1 Å². The largest absolute Gasteiger partial charge is 0.481 e. The fraction of sp³-hybridized carbons (Fsp3) is 0.391. The Balaban J connectivity index is 1.82. The number of carbonyl (C=O) groups is 2. The highest BCUT2D eigenvalue weighted by Crippen LogP contribution is 2.46. The summed E-state index contributed by atoms with van der Waals surface area (Å²) in [5, 5.41) is 11.8. The van der Waals surface area contributed by atoms with Crippen molar-refractivity contribution in [2.24, 2.45) is 0 Å². The third kappa shape index (κ3) is 4.05. The first kappa shape index (κ1) is 19.2. The van der Waals surface area contributed by atoms with Gasteiger partial charge in [0.05, 0.1) is 6.42 Å². The minimum Gasteiger partial charge on any atom is -0.481 e. The molecule has 1 amide bonds. The number of carboxylic acids is 1. The van der Waals surface area contributed by atoms with E-state index in [1.54, 1.807) is 24.3 Å². The van der Waals surface area contributed by atoms with Crippen LogP contribution in [-0.2, 0) is 22.0 Å². The van der Waals surface area contributed by atoms with Gasteiger partial charge in [0.25, 0.3) is 5.91 Å². The number of nitrogens with one attached hydrogen (secondary N) is 1. The highest BCUT2D eigenvalue weighted by Gasteiger charge is 2.37. The molecular weight excluding hydrogens is 338 g/mol. The van der Waals surface area contributed by atoms with Gasteiger partial charge in [0.2, 0.25) is 0 Å². The molecule has 0 saturated carbocycles. The second-order valence-corrected chi connectivity index (χ2v) is 8.75. The Morgan fingerprint density at radius 2 is 1.52 bits per heavy atom. The number of carboxylic acid groups (broad SMARTS) is 1. The molecule has 1 aliphatic carbocycles. The number of hydrogen-bond donors (Lipinski definition) is 2. The number of fused-ring (bicyclic) bond motifs is 1. The van der Waals surface area contributed by atoms with Crippen molar-refractivity contribution in [2.45, 2.75) is 57.8 Å². The Labute approximate surface area is 160 Å². The summed E-state index contributed by atoms with van der Waals surface area (Å²) in [6, 6.07) is 12.9. The molecule has 0 bridgehead atoms. The number of carbonyl (C=O) groups excluding carboxylic acids is 1. The molecule has 1 aliphatic rings. The maximum absolute atomic E-state index is 12.6. The lowest BCUT2D eigenvalue weighted by Crippen LogP contribution is -2.33. The summed E-state index contributed by atoms with van der Waals surface area (Å²) in [5.74, 6) is -1.07. The zero-order valence-electron chi connectivity index (χ0n) is 16.4. The van der Waals surface area contributed by atoms with Gasteiger partial charge in [-0.25, -0.2) is 0 Å². The number of hydrogen-bond acceptors (Lipinski definition) is 2. The van der Waals surface area contributed by atoms with Crippen LogP contribution in [0.5, 0.6) is 0 Å². The molecule has 142 valence electrons. The monoisotopic (exact) mass is 365 g/mol. The van der Waals surface area contributed by atoms with Gasteiger partial charge in [-0.1, -0.05) is 45.9 Å². The molecule has 2 aromatic rings. The first-order valence-electron chi connectivity index (χ1n) is 9.36. The maximum atomic E-state index is 12.6. The Hall–Kier alpha value is -2.62. The van der Waals surface area contributed by atoms with Gasteiger partial charge in [-0.3, -0.25) is 9.59 Å². The molecule has 0 fully saturated rings. The topological polar surface area (TPSA) is 66.4 Å². The molecule has 2 aromatic carbocycles. The van der Waals surface area contributed by atoms with Gasteiger partial charge in [0.15, 0.2) is 0 Å². The molecular formula is C23H27NO3. The molecule has 27 heavy (non-hydrogen) atoms. The van der Waals surface area contributed by atoms with Crippen LogP contribution in [0.1, 0.15) is 67.6 Å². The molecule has 0 radical (unpaired) electrons. The Kier molecular flexibility index (Phi) is 4.85. The van der Waals surface area contributed by atoms with E-state index < -0.39 is 5.97 Å². The minimum atomic E-state index is -0.883. The SMILES string of the molecule is CC1(C)CCC(C)(C)c2cc(NC(=O)c3ccc(CC(=O)O)cc3)ccc21. The van der Waals surface area contributed by atoms with Crippen LogP contribution in [0.4, 0.5) is 5.69 Å². The summed E-state index contributed by atoms with van der Waals surface area (Å²) < 4.78 is 0. The van der Waals surface area contributed by atoms with Crippen molar-refractivity contribution in [3.05, 3.63) is 64.7 Å². The van der Waals surface area contributed by atoms with Crippen molar-refractivity contribution in [3.8, 4) is 0 Å². The third-order valence-electron chi connectivity index (χ3n) is 5.68. The zero-order chi connectivity index (χ0) is 19.8. The number of aliphatic carboxylic acids is 1. The van der Waals surface area contributed by atoms with Crippen molar-refractivity contribution in [1.29, 1.82) is 0 Å². The van der Waals surface area contributed by atoms with Gasteiger partial charge in [0.1, 0.15) is 0 Å². The van der Waals surface area contributed by atoms with Gasteiger partial charge in [-0.2, -0.15) is 0 Å². The van der Waals surface area contributed by atoms with E-state index >= 15 is 0 Å². The molecule has 0 unspecified atom stereocenters.